The maximum Gasteiger partial charge on any atom is 0.154 e. The van der Waals surface area contributed by atoms with Gasteiger partial charge in [0, 0.05) is 22.3 Å². The zero-order chi connectivity index (χ0) is 29.5. The van der Waals surface area contributed by atoms with Gasteiger partial charge in [0.25, 0.3) is 0 Å². The van der Waals surface area contributed by atoms with Gasteiger partial charge in [-0.25, -0.2) is 9.97 Å². The fourth-order valence-corrected chi connectivity index (χ4v) is 7.11. The summed E-state index contributed by atoms with van der Waals surface area (Å²) in [4.78, 5) is 9.69. The van der Waals surface area contributed by atoms with Crippen molar-refractivity contribution in [2.75, 3.05) is 5.32 Å². The topological polar surface area (TPSA) is 82.8 Å². The predicted octanol–water partition coefficient (Wildman–Crippen LogP) is 11.3. The fraction of sp³-hybridized carbons (Fsp3) is 0. The minimum Gasteiger partial charge on any atom is -0.505 e. The Kier molecular flexibility index (Phi) is 6.55. The second-order valence-corrected chi connectivity index (χ2v) is 12.3. The number of para-hydroxylation sites is 3. The molecule has 0 spiro atoms. The molecule has 6 aromatic carbocycles. The van der Waals surface area contributed by atoms with E-state index in [1.807, 2.05) is 115 Å². The van der Waals surface area contributed by atoms with E-state index in [1.54, 1.807) is 22.7 Å². The number of phenols is 1. The first-order chi connectivity index (χ1) is 21.7. The number of phenolic OH excluding ortho intramolecular Hbond substituents is 1. The fourth-order valence-electron chi connectivity index (χ4n) is 5.16. The third kappa shape index (κ3) is 4.96. The number of hydrogen-bond donors (Lipinski definition) is 2. The van der Waals surface area contributed by atoms with Crippen molar-refractivity contribution in [3.8, 4) is 26.9 Å². The van der Waals surface area contributed by atoms with Gasteiger partial charge in [-0.1, -0.05) is 54.6 Å². The average Bonchev–Trinajstić information content (AvgIpc) is 3.70. The summed E-state index contributed by atoms with van der Waals surface area (Å²) in [5.74, 6) is 0.0513. The molecule has 0 bridgehead atoms. The minimum atomic E-state index is 0.0513. The molecule has 0 radical (unpaired) electrons. The molecule has 8 rings (SSSR count). The van der Waals surface area contributed by atoms with Crippen molar-refractivity contribution in [3.05, 3.63) is 127 Å². The van der Waals surface area contributed by atoms with Crippen molar-refractivity contribution in [3.63, 3.8) is 0 Å². The molecule has 0 aliphatic rings. The molecule has 0 unspecified atom stereocenters. The number of anilines is 2. The number of hydrogen-bond acceptors (Lipinski definition) is 8. The first-order valence-electron chi connectivity index (χ1n) is 14.0. The van der Waals surface area contributed by atoms with E-state index in [9.17, 15) is 5.11 Å². The summed E-state index contributed by atoms with van der Waals surface area (Å²) >= 11 is 3.20. The van der Waals surface area contributed by atoms with Crippen LogP contribution in [0.3, 0.4) is 0 Å². The highest BCUT2D eigenvalue weighted by Gasteiger charge is 2.19. The molecule has 44 heavy (non-hydrogen) atoms. The van der Waals surface area contributed by atoms with Crippen LogP contribution in [0.4, 0.5) is 22.7 Å². The largest absolute Gasteiger partial charge is 0.505 e. The Morgan fingerprint density at radius 1 is 0.591 bits per heavy atom. The standard InChI is InChI=1S/C36H23N5OS2/c42-34-28(36-39-30-11-5-7-13-32(30)44-36)21-23-20-22(35-38-29-10-4-6-12-31(29)43-35)14-19-27(23)33(34)41-40-26-17-15-25(16-18-26)37-24-8-2-1-3-9-24/h1-21,37,42H. The molecule has 6 nitrogen and oxygen atoms in total. The first-order valence-corrected chi connectivity index (χ1v) is 15.7. The molecule has 0 saturated carbocycles. The van der Waals surface area contributed by atoms with Crippen molar-refractivity contribution in [2.45, 2.75) is 0 Å². The molecular weight excluding hydrogens is 583 g/mol. The van der Waals surface area contributed by atoms with Gasteiger partial charge in [0.15, 0.2) is 5.75 Å². The molecule has 210 valence electrons. The summed E-state index contributed by atoms with van der Waals surface area (Å²) in [6, 6.07) is 42.0. The minimum absolute atomic E-state index is 0.0513. The van der Waals surface area contributed by atoms with E-state index in [0.29, 0.717) is 16.9 Å². The van der Waals surface area contributed by atoms with Crippen LogP contribution < -0.4 is 5.32 Å². The molecule has 2 N–H and O–H groups in total. The average molecular weight is 606 g/mol. The monoisotopic (exact) mass is 605 g/mol. The number of azo groups is 1. The zero-order valence-electron chi connectivity index (χ0n) is 23.2. The smallest absolute Gasteiger partial charge is 0.154 e. The van der Waals surface area contributed by atoms with Crippen LogP contribution in [0.5, 0.6) is 5.75 Å². The SMILES string of the molecule is Oc1c(-c2nc3ccccc3s2)cc2cc(-c3nc4ccccc4s3)ccc2c1N=Nc1ccc(Nc2ccccc2)cc1. The Balaban J connectivity index is 1.22. The lowest BCUT2D eigenvalue weighted by Crippen LogP contribution is -1.88. The highest BCUT2D eigenvalue weighted by Crippen LogP contribution is 2.46. The summed E-state index contributed by atoms with van der Waals surface area (Å²) in [6.45, 7) is 0. The number of fused-ring (bicyclic) bond motifs is 3. The van der Waals surface area contributed by atoms with Crippen LogP contribution in [-0.2, 0) is 0 Å². The van der Waals surface area contributed by atoms with E-state index in [2.05, 4.69) is 27.7 Å². The van der Waals surface area contributed by atoms with Gasteiger partial charge in [-0.05, 0) is 78.2 Å². The van der Waals surface area contributed by atoms with Gasteiger partial charge in [0.05, 0.1) is 31.7 Å². The Hall–Kier alpha value is -5.44. The summed E-state index contributed by atoms with van der Waals surface area (Å²) in [6.07, 6.45) is 0. The normalized spacial score (nSPS) is 11.6. The lowest BCUT2D eigenvalue weighted by Gasteiger charge is -2.10. The number of aromatic hydroxyl groups is 1. The molecule has 2 aromatic heterocycles. The van der Waals surface area contributed by atoms with Gasteiger partial charge in [-0.15, -0.1) is 27.8 Å². The van der Waals surface area contributed by atoms with Crippen molar-refractivity contribution in [1.82, 2.24) is 9.97 Å². The van der Waals surface area contributed by atoms with Gasteiger partial charge in [-0.3, -0.25) is 0 Å². The van der Waals surface area contributed by atoms with Gasteiger partial charge in [0.1, 0.15) is 15.7 Å². The number of thiazole rings is 2. The molecule has 8 aromatic rings. The van der Waals surface area contributed by atoms with Gasteiger partial charge < -0.3 is 10.4 Å². The number of aromatic nitrogens is 2. The van der Waals surface area contributed by atoms with Crippen molar-refractivity contribution < 1.29 is 5.11 Å². The highest BCUT2D eigenvalue weighted by atomic mass is 32.1. The second-order valence-electron chi connectivity index (χ2n) is 10.3. The Morgan fingerprint density at radius 2 is 1.23 bits per heavy atom. The number of nitrogens with one attached hydrogen (secondary N) is 1. The first kappa shape index (κ1) is 26.2. The van der Waals surface area contributed by atoms with Crippen molar-refractivity contribution in [2.24, 2.45) is 10.2 Å². The lowest BCUT2D eigenvalue weighted by atomic mass is 10.0. The van der Waals surface area contributed by atoms with Crippen LogP contribution in [0, 0.1) is 0 Å². The molecule has 0 aliphatic heterocycles. The van der Waals surface area contributed by atoms with E-state index in [-0.39, 0.29) is 5.75 Å². The van der Waals surface area contributed by atoms with Crippen molar-refractivity contribution >= 4 is 76.6 Å². The van der Waals surface area contributed by atoms with Crippen LogP contribution in [-0.4, -0.2) is 15.1 Å². The van der Waals surface area contributed by atoms with Crippen LogP contribution >= 0.6 is 22.7 Å². The Labute approximate surface area is 260 Å². The molecular formula is C36H23N5OS2. The summed E-state index contributed by atoms with van der Waals surface area (Å²) in [5.41, 5.74) is 6.53. The highest BCUT2D eigenvalue weighted by molar-refractivity contribution is 7.22. The van der Waals surface area contributed by atoms with Crippen LogP contribution in [0.1, 0.15) is 0 Å². The summed E-state index contributed by atoms with van der Waals surface area (Å²) in [7, 11) is 0. The third-order valence-corrected chi connectivity index (χ3v) is 9.50. The molecule has 2 heterocycles. The van der Waals surface area contributed by atoms with E-state index < -0.39 is 0 Å². The van der Waals surface area contributed by atoms with Gasteiger partial charge in [-0.2, -0.15) is 5.11 Å². The second kappa shape index (κ2) is 11.0. The van der Waals surface area contributed by atoms with Crippen molar-refractivity contribution in [1.29, 1.82) is 0 Å². The lowest BCUT2D eigenvalue weighted by molar-refractivity contribution is 0.479. The van der Waals surface area contributed by atoms with Crippen LogP contribution in [0.25, 0.3) is 52.3 Å². The predicted molar refractivity (Wildman–Crippen MR) is 183 cm³/mol. The van der Waals surface area contributed by atoms with E-state index >= 15 is 0 Å². The molecule has 8 heteroatoms. The van der Waals surface area contributed by atoms with Gasteiger partial charge in [0.2, 0.25) is 0 Å². The molecule has 0 atom stereocenters. The number of nitrogens with zero attached hydrogens (tertiary/aromatic N) is 4. The molecule has 0 amide bonds. The van der Waals surface area contributed by atoms with Crippen LogP contribution in [0.15, 0.2) is 138 Å². The number of benzene rings is 6. The third-order valence-electron chi connectivity index (χ3n) is 7.35. The summed E-state index contributed by atoms with van der Waals surface area (Å²) in [5, 5.41) is 27.5. The maximum atomic E-state index is 11.6. The molecule has 0 saturated heterocycles. The van der Waals surface area contributed by atoms with E-state index in [4.69, 9.17) is 9.97 Å². The van der Waals surface area contributed by atoms with Crippen LogP contribution in [0.2, 0.25) is 0 Å². The molecule has 0 aliphatic carbocycles. The Bertz CT molecular complexity index is 2260. The van der Waals surface area contributed by atoms with E-state index in [1.165, 1.54) is 0 Å². The van der Waals surface area contributed by atoms with E-state index in [0.717, 1.165) is 58.2 Å². The quantitative estimate of drug-likeness (QED) is 0.185. The zero-order valence-corrected chi connectivity index (χ0v) is 24.8. The number of rotatable bonds is 6. The molecule has 0 fully saturated rings. The summed E-state index contributed by atoms with van der Waals surface area (Å²) < 4.78 is 2.19. The maximum absolute atomic E-state index is 11.6. The van der Waals surface area contributed by atoms with Gasteiger partial charge >= 0.3 is 0 Å². The Morgan fingerprint density at radius 3 is 1.95 bits per heavy atom.